The predicted octanol–water partition coefficient (Wildman–Crippen LogP) is 5.85. The van der Waals surface area contributed by atoms with E-state index in [1.165, 1.54) is 5.56 Å². The van der Waals surface area contributed by atoms with Gasteiger partial charge in [-0.2, -0.15) is 4.98 Å². The average molecular weight is 494 g/mol. The summed E-state index contributed by atoms with van der Waals surface area (Å²) in [6.07, 6.45) is 3.56. The van der Waals surface area contributed by atoms with Crippen molar-refractivity contribution >= 4 is 23.4 Å². The largest absolute Gasteiger partial charge is 0.457 e. The van der Waals surface area contributed by atoms with E-state index in [-0.39, 0.29) is 11.8 Å². The standard InChI is InChI=1S/C30H31N5O2/c1-22-12-14-23(15-13-22)20-32-29(36)24-7-6-18-35(21-24)28-16-17-31-30(34-28)33-25-8-5-11-27(19-25)37-26-9-3-2-4-10-26/h2-5,8-17,19,24H,6-7,18,20-21H2,1H3,(H,32,36)(H,31,33,34)/t24-/m0/s1. The van der Waals surface area contributed by atoms with E-state index in [4.69, 9.17) is 9.72 Å². The Balaban J connectivity index is 1.20. The van der Waals surface area contributed by atoms with Crippen molar-refractivity contribution in [2.24, 2.45) is 5.92 Å². The summed E-state index contributed by atoms with van der Waals surface area (Å²) in [5.41, 5.74) is 3.15. The number of ether oxygens (including phenoxy) is 1. The number of para-hydroxylation sites is 1. The number of aromatic nitrogens is 2. The van der Waals surface area contributed by atoms with Gasteiger partial charge in [0, 0.05) is 37.6 Å². The second-order valence-electron chi connectivity index (χ2n) is 9.29. The first-order chi connectivity index (χ1) is 18.1. The van der Waals surface area contributed by atoms with Gasteiger partial charge in [-0.05, 0) is 55.7 Å². The maximum atomic E-state index is 12.9. The fourth-order valence-electron chi connectivity index (χ4n) is 4.42. The first-order valence-corrected chi connectivity index (χ1v) is 12.6. The molecule has 7 heteroatoms. The molecule has 4 aromatic rings. The quantitative estimate of drug-likeness (QED) is 0.320. The number of aryl methyl sites for hydroxylation is 1. The van der Waals surface area contributed by atoms with Crippen LogP contribution in [0.2, 0.25) is 0 Å². The smallest absolute Gasteiger partial charge is 0.229 e. The Morgan fingerprint density at radius 3 is 2.65 bits per heavy atom. The Morgan fingerprint density at radius 2 is 1.81 bits per heavy atom. The van der Waals surface area contributed by atoms with Gasteiger partial charge in [-0.3, -0.25) is 4.79 Å². The number of nitrogens with zero attached hydrogens (tertiary/aromatic N) is 3. The van der Waals surface area contributed by atoms with E-state index in [1.807, 2.05) is 60.7 Å². The zero-order valence-electron chi connectivity index (χ0n) is 20.9. The van der Waals surface area contributed by atoms with E-state index in [0.29, 0.717) is 19.0 Å². The van der Waals surface area contributed by atoms with Crippen molar-refractivity contribution in [3.8, 4) is 11.5 Å². The molecule has 0 spiro atoms. The summed E-state index contributed by atoms with van der Waals surface area (Å²) in [7, 11) is 0. The van der Waals surface area contributed by atoms with Crippen molar-refractivity contribution in [2.45, 2.75) is 26.3 Å². The molecule has 1 atom stereocenters. The molecule has 0 bridgehead atoms. The van der Waals surface area contributed by atoms with Crippen molar-refractivity contribution in [3.05, 3.63) is 102 Å². The number of anilines is 3. The SMILES string of the molecule is Cc1ccc(CNC(=O)[C@H]2CCCN(c3ccnc(Nc4cccc(Oc5ccccc5)c4)n3)C2)cc1. The van der Waals surface area contributed by atoms with Crippen LogP contribution in [0.25, 0.3) is 0 Å². The topological polar surface area (TPSA) is 79.4 Å². The highest BCUT2D eigenvalue weighted by Gasteiger charge is 2.26. The molecule has 0 unspecified atom stereocenters. The molecule has 1 aliphatic rings. The second-order valence-corrected chi connectivity index (χ2v) is 9.29. The fraction of sp³-hybridized carbons (Fsp3) is 0.233. The van der Waals surface area contributed by atoms with Gasteiger partial charge in [0.1, 0.15) is 17.3 Å². The molecule has 5 rings (SSSR count). The monoisotopic (exact) mass is 493 g/mol. The van der Waals surface area contributed by atoms with E-state index >= 15 is 0 Å². The lowest BCUT2D eigenvalue weighted by Gasteiger charge is -2.33. The van der Waals surface area contributed by atoms with E-state index in [0.717, 1.165) is 48.0 Å². The third kappa shape index (κ3) is 6.64. The van der Waals surface area contributed by atoms with Gasteiger partial charge < -0.3 is 20.3 Å². The molecule has 1 saturated heterocycles. The maximum absolute atomic E-state index is 12.9. The van der Waals surface area contributed by atoms with E-state index < -0.39 is 0 Å². The van der Waals surface area contributed by atoms with Crippen LogP contribution in [0.3, 0.4) is 0 Å². The first-order valence-electron chi connectivity index (χ1n) is 12.6. The number of nitrogens with one attached hydrogen (secondary N) is 2. The molecule has 2 heterocycles. The fourth-order valence-corrected chi connectivity index (χ4v) is 4.42. The molecule has 1 fully saturated rings. The molecular weight excluding hydrogens is 462 g/mol. The number of carbonyl (C=O) groups excluding carboxylic acids is 1. The molecule has 0 radical (unpaired) electrons. The number of carbonyl (C=O) groups is 1. The minimum Gasteiger partial charge on any atom is -0.457 e. The average Bonchev–Trinajstić information content (AvgIpc) is 2.93. The summed E-state index contributed by atoms with van der Waals surface area (Å²) in [4.78, 5) is 24.2. The van der Waals surface area contributed by atoms with Crippen LogP contribution < -0.4 is 20.3 Å². The van der Waals surface area contributed by atoms with Gasteiger partial charge in [0.05, 0.1) is 5.92 Å². The van der Waals surface area contributed by atoms with Crippen LogP contribution in [0, 0.1) is 12.8 Å². The number of amides is 1. The number of benzene rings is 3. The van der Waals surface area contributed by atoms with Gasteiger partial charge in [0.25, 0.3) is 0 Å². The third-order valence-electron chi connectivity index (χ3n) is 6.41. The Hall–Kier alpha value is -4.39. The van der Waals surface area contributed by atoms with Gasteiger partial charge in [0.15, 0.2) is 0 Å². The highest BCUT2D eigenvalue weighted by atomic mass is 16.5. The Morgan fingerprint density at radius 1 is 1.00 bits per heavy atom. The molecule has 37 heavy (non-hydrogen) atoms. The van der Waals surface area contributed by atoms with Gasteiger partial charge in [-0.1, -0.05) is 54.1 Å². The van der Waals surface area contributed by atoms with Crippen LogP contribution in [0.15, 0.2) is 91.1 Å². The van der Waals surface area contributed by atoms with Crippen molar-refractivity contribution in [1.29, 1.82) is 0 Å². The number of piperidine rings is 1. The Labute approximate surface area is 217 Å². The highest BCUT2D eigenvalue weighted by molar-refractivity contribution is 5.79. The molecule has 1 aromatic heterocycles. The highest BCUT2D eigenvalue weighted by Crippen LogP contribution is 2.26. The first kappa shape index (κ1) is 24.3. The minimum atomic E-state index is -0.0719. The molecular formula is C30H31N5O2. The lowest BCUT2D eigenvalue weighted by Crippen LogP contribution is -2.43. The van der Waals surface area contributed by atoms with Crippen LogP contribution in [0.5, 0.6) is 11.5 Å². The normalized spacial score (nSPS) is 15.2. The maximum Gasteiger partial charge on any atom is 0.229 e. The summed E-state index contributed by atoms with van der Waals surface area (Å²) >= 11 is 0. The molecule has 1 aliphatic heterocycles. The van der Waals surface area contributed by atoms with Crippen molar-refractivity contribution < 1.29 is 9.53 Å². The summed E-state index contributed by atoms with van der Waals surface area (Å²) in [6, 6.07) is 27.5. The third-order valence-corrected chi connectivity index (χ3v) is 6.41. The Bertz CT molecular complexity index is 1330. The van der Waals surface area contributed by atoms with Gasteiger partial charge in [-0.15, -0.1) is 0 Å². The minimum absolute atomic E-state index is 0.0719. The van der Waals surface area contributed by atoms with Gasteiger partial charge in [0.2, 0.25) is 11.9 Å². The number of rotatable bonds is 8. The summed E-state index contributed by atoms with van der Waals surface area (Å²) in [6.45, 7) is 4.10. The number of hydrogen-bond donors (Lipinski definition) is 2. The molecule has 0 aliphatic carbocycles. The van der Waals surface area contributed by atoms with Crippen LogP contribution in [-0.4, -0.2) is 29.0 Å². The number of hydrogen-bond acceptors (Lipinski definition) is 6. The zero-order chi connectivity index (χ0) is 25.5. The second kappa shape index (κ2) is 11.6. The molecule has 0 saturated carbocycles. The molecule has 3 aromatic carbocycles. The van der Waals surface area contributed by atoms with Gasteiger partial charge >= 0.3 is 0 Å². The van der Waals surface area contributed by atoms with Crippen LogP contribution in [-0.2, 0) is 11.3 Å². The molecule has 7 nitrogen and oxygen atoms in total. The Kier molecular flexibility index (Phi) is 7.60. The summed E-state index contributed by atoms with van der Waals surface area (Å²) in [5.74, 6) is 2.83. The molecule has 1 amide bonds. The van der Waals surface area contributed by atoms with Crippen molar-refractivity contribution in [3.63, 3.8) is 0 Å². The van der Waals surface area contributed by atoms with E-state index in [1.54, 1.807) is 6.20 Å². The van der Waals surface area contributed by atoms with E-state index in [2.05, 4.69) is 51.7 Å². The summed E-state index contributed by atoms with van der Waals surface area (Å²) < 4.78 is 5.94. The lowest BCUT2D eigenvalue weighted by atomic mass is 9.97. The van der Waals surface area contributed by atoms with Crippen LogP contribution >= 0.6 is 0 Å². The van der Waals surface area contributed by atoms with Crippen molar-refractivity contribution in [2.75, 3.05) is 23.3 Å². The molecule has 2 N–H and O–H groups in total. The predicted molar refractivity (Wildman–Crippen MR) is 146 cm³/mol. The van der Waals surface area contributed by atoms with Crippen LogP contribution in [0.1, 0.15) is 24.0 Å². The van der Waals surface area contributed by atoms with Gasteiger partial charge in [-0.25, -0.2) is 4.98 Å². The lowest BCUT2D eigenvalue weighted by molar-refractivity contribution is -0.125. The zero-order valence-corrected chi connectivity index (χ0v) is 20.9. The summed E-state index contributed by atoms with van der Waals surface area (Å²) in [5, 5.41) is 6.38. The van der Waals surface area contributed by atoms with Crippen molar-refractivity contribution in [1.82, 2.24) is 15.3 Å². The van der Waals surface area contributed by atoms with E-state index in [9.17, 15) is 4.79 Å². The van der Waals surface area contributed by atoms with Crippen LogP contribution in [0.4, 0.5) is 17.5 Å². The molecule has 188 valence electrons.